The molecule has 0 fully saturated rings. The molecule has 29 heavy (non-hydrogen) atoms. The molecule has 2 amide bonds. The van der Waals surface area contributed by atoms with Crippen molar-refractivity contribution in [2.45, 2.75) is 12.8 Å². The number of anilines is 1. The quantitative estimate of drug-likeness (QED) is 0.592. The number of thiophene rings is 1. The third-order valence-corrected chi connectivity index (χ3v) is 6.79. The van der Waals surface area contributed by atoms with Crippen molar-refractivity contribution in [2.75, 3.05) is 18.4 Å². The van der Waals surface area contributed by atoms with Crippen molar-refractivity contribution in [3.8, 4) is 0 Å². The van der Waals surface area contributed by atoms with Gasteiger partial charge in [-0.2, -0.15) is 0 Å². The molecular weight excluding hydrogens is 426 g/mol. The van der Waals surface area contributed by atoms with Crippen molar-refractivity contribution in [2.24, 2.45) is 0 Å². The Morgan fingerprint density at radius 3 is 2.69 bits per heavy atom. The Labute approximate surface area is 181 Å². The molecule has 0 bridgehead atoms. The molecule has 3 aromatic rings. The molecule has 0 saturated carbocycles. The molecule has 0 spiro atoms. The second-order valence-electron chi connectivity index (χ2n) is 6.52. The third-order valence-electron chi connectivity index (χ3n) is 4.55. The first-order valence-corrected chi connectivity index (χ1v) is 11.2. The highest BCUT2D eigenvalue weighted by Crippen LogP contribution is 2.24. The Bertz CT molecular complexity index is 1020. The van der Waals surface area contributed by atoms with Crippen LogP contribution in [0.15, 0.2) is 47.9 Å². The zero-order valence-corrected chi connectivity index (χ0v) is 17.8. The van der Waals surface area contributed by atoms with Gasteiger partial charge in [-0.15, -0.1) is 22.7 Å². The van der Waals surface area contributed by atoms with E-state index < -0.39 is 0 Å². The average Bonchev–Trinajstić information content (AvgIpc) is 3.34. The van der Waals surface area contributed by atoms with Crippen molar-refractivity contribution in [3.63, 3.8) is 0 Å². The summed E-state index contributed by atoms with van der Waals surface area (Å²) in [7, 11) is 0. The number of nitrogens with one attached hydrogen (secondary N) is 1. The van der Waals surface area contributed by atoms with E-state index in [0.717, 1.165) is 15.4 Å². The monoisotopic (exact) mass is 443 g/mol. The second-order valence-corrected chi connectivity index (χ2v) is 9.02. The van der Waals surface area contributed by atoms with Crippen LogP contribution in [-0.4, -0.2) is 34.8 Å². The van der Waals surface area contributed by atoms with Crippen LogP contribution in [0.25, 0.3) is 6.08 Å². The highest BCUT2D eigenvalue weighted by molar-refractivity contribution is 7.13. The number of halogens is 1. The minimum absolute atomic E-state index is 0.00857. The van der Waals surface area contributed by atoms with Crippen molar-refractivity contribution in [1.82, 2.24) is 9.88 Å². The minimum atomic E-state index is -0.225. The molecule has 2 aromatic heterocycles. The largest absolute Gasteiger partial charge is 0.338 e. The van der Waals surface area contributed by atoms with Crippen molar-refractivity contribution in [3.05, 3.63) is 73.3 Å². The van der Waals surface area contributed by atoms with Gasteiger partial charge >= 0.3 is 0 Å². The summed E-state index contributed by atoms with van der Waals surface area (Å²) in [5.41, 5.74) is 1.59. The fourth-order valence-electron chi connectivity index (χ4n) is 3.04. The fraction of sp³-hybridized carbons (Fsp3) is 0.190. The summed E-state index contributed by atoms with van der Waals surface area (Å²) in [5.74, 6) is -0.216. The number of fused-ring (bicyclic) bond motifs is 1. The zero-order chi connectivity index (χ0) is 20.2. The summed E-state index contributed by atoms with van der Waals surface area (Å²) in [6.45, 7) is 1.23. The molecule has 8 heteroatoms. The van der Waals surface area contributed by atoms with Gasteiger partial charge in [-0.25, -0.2) is 4.98 Å². The molecule has 5 nitrogen and oxygen atoms in total. The van der Waals surface area contributed by atoms with Crippen molar-refractivity contribution in [1.29, 1.82) is 0 Å². The first kappa shape index (κ1) is 19.8. The van der Waals surface area contributed by atoms with Gasteiger partial charge in [0, 0.05) is 52.5 Å². The Hall–Kier alpha value is -2.48. The van der Waals surface area contributed by atoms with Crippen molar-refractivity contribution >= 4 is 57.9 Å². The van der Waals surface area contributed by atoms with E-state index in [4.69, 9.17) is 11.6 Å². The molecule has 0 aliphatic carbocycles. The van der Waals surface area contributed by atoms with E-state index in [0.29, 0.717) is 41.6 Å². The van der Waals surface area contributed by atoms with Gasteiger partial charge in [0.15, 0.2) is 5.01 Å². The Morgan fingerprint density at radius 2 is 1.93 bits per heavy atom. The van der Waals surface area contributed by atoms with Crippen LogP contribution in [-0.2, 0) is 17.6 Å². The van der Waals surface area contributed by atoms with Crippen LogP contribution < -0.4 is 5.32 Å². The lowest BCUT2D eigenvalue weighted by atomic mass is 10.2. The van der Waals surface area contributed by atoms with Crippen molar-refractivity contribution < 1.29 is 9.59 Å². The number of nitrogens with zero attached hydrogens (tertiary/aromatic N) is 2. The lowest BCUT2D eigenvalue weighted by molar-refractivity contribution is -0.125. The van der Waals surface area contributed by atoms with E-state index in [9.17, 15) is 9.59 Å². The molecule has 148 valence electrons. The molecule has 1 aliphatic heterocycles. The average molecular weight is 444 g/mol. The van der Waals surface area contributed by atoms with E-state index in [2.05, 4.69) is 10.3 Å². The van der Waals surface area contributed by atoms with Gasteiger partial charge in [0.25, 0.3) is 5.91 Å². The van der Waals surface area contributed by atoms with Gasteiger partial charge in [0.05, 0.1) is 5.69 Å². The van der Waals surface area contributed by atoms with Gasteiger partial charge in [-0.05, 0) is 41.8 Å². The molecular formula is C21H18ClN3O2S2. The predicted octanol–water partition coefficient (Wildman–Crippen LogP) is 4.75. The summed E-state index contributed by atoms with van der Waals surface area (Å²) in [5, 5.41) is 5.90. The molecule has 1 aliphatic rings. The number of benzene rings is 1. The second kappa shape index (κ2) is 8.90. The number of rotatable bonds is 4. The maximum Gasteiger partial charge on any atom is 0.284 e. The van der Waals surface area contributed by atoms with Crippen LogP contribution >= 0.6 is 34.3 Å². The highest BCUT2D eigenvalue weighted by Gasteiger charge is 2.22. The molecule has 0 radical (unpaired) electrons. The molecule has 0 saturated heterocycles. The molecule has 3 heterocycles. The number of hydrogen-bond acceptors (Lipinski definition) is 5. The van der Waals surface area contributed by atoms with E-state index >= 15 is 0 Å². The normalized spacial score (nSPS) is 13.9. The number of carbonyl (C=O) groups excluding carboxylic acids is 2. The Kier molecular flexibility index (Phi) is 6.08. The van der Waals surface area contributed by atoms with E-state index in [1.54, 1.807) is 41.7 Å². The van der Waals surface area contributed by atoms with Crippen LogP contribution in [0.3, 0.4) is 0 Å². The lowest BCUT2D eigenvalue weighted by Crippen LogP contribution is -2.31. The standard InChI is InChI=1S/C21H18ClN3O2S2/c22-14-3-5-15(6-4-14)23-20(27)21-24-17-9-11-25(12-10-18(17)29-21)19(26)8-7-16-2-1-13-28-16/h1-8,13H,9-12H2,(H,23,27)/b8-7+. The third kappa shape index (κ3) is 4.93. The molecule has 1 aromatic carbocycles. The minimum Gasteiger partial charge on any atom is -0.338 e. The summed E-state index contributed by atoms with van der Waals surface area (Å²) in [6, 6.07) is 10.9. The Balaban J connectivity index is 1.38. The van der Waals surface area contributed by atoms with E-state index in [-0.39, 0.29) is 11.8 Å². The van der Waals surface area contributed by atoms with Crippen LogP contribution in [0.4, 0.5) is 5.69 Å². The maximum absolute atomic E-state index is 12.5. The van der Waals surface area contributed by atoms with Gasteiger partial charge in [-0.1, -0.05) is 17.7 Å². The number of aromatic nitrogens is 1. The van der Waals surface area contributed by atoms with E-state index in [1.165, 1.54) is 11.3 Å². The smallest absolute Gasteiger partial charge is 0.284 e. The maximum atomic E-state index is 12.5. The lowest BCUT2D eigenvalue weighted by Gasteiger charge is -2.18. The molecule has 0 unspecified atom stereocenters. The van der Waals surface area contributed by atoms with Crippen LogP contribution in [0.5, 0.6) is 0 Å². The fourth-order valence-corrected chi connectivity index (χ4v) is 4.78. The highest BCUT2D eigenvalue weighted by atomic mass is 35.5. The number of thiazole rings is 1. The SMILES string of the molecule is O=C(Nc1ccc(Cl)cc1)c1nc2c(s1)CCN(C(=O)/C=C/c1cccs1)CC2. The van der Waals surface area contributed by atoms with Crippen LogP contribution in [0.1, 0.15) is 25.3 Å². The number of amides is 2. The van der Waals surface area contributed by atoms with Gasteiger partial charge in [0.1, 0.15) is 0 Å². The zero-order valence-electron chi connectivity index (χ0n) is 15.4. The summed E-state index contributed by atoms with van der Waals surface area (Å²) >= 11 is 8.88. The Morgan fingerprint density at radius 1 is 1.14 bits per heavy atom. The summed E-state index contributed by atoms with van der Waals surface area (Å²) < 4.78 is 0. The first-order chi connectivity index (χ1) is 14.1. The van der Waals surface area contributed by atoms with Gasteiger partial charge < -0.3 is 10.2 Å². The summed E-state index contributed by atoms with van der Waals surface area (Å²) in [6.07, 6.45) is 4.84. The first-order valence-electron chi connectivity index (χ1n) is 9.14. The molecule has 0 atom stereocenters. The van der Waals surface area contributed by atoms with Gasteiger partial charge in [-0.3, -0.25) is 9.59 Å². The summed E-state index contributed by atoms with van der Waals surface area (Å²) in [4.78, 5) is 33.5. The van der Waals surface area contributed by atoms with Gasteiger partial charge in [0.2, 0.25) is 5.91 Å². The molecule has 1 N–H and O–H groups in total. The number of hydrogen-bond donors (Lipinski definition) is 1. The van der Waals surface area contributed by atoms with Crippen LogP contribution in [0.2, 0.25) is 5.02 Å². The predicted molar refractivity (Wildman–Crippen MR) is 119 cm³/mol. The number of carbonyl (C=O) groups is 2. The molecule has 4 rings (SSSR count). The van der Waals surface area contributed by atoms with E-state index in [1.807, 2.05) is 28.5 Å². The topological polar surface area (TPSA) is 62.3 Å². The van der Waals surface area contributed by atoms with Crippen LogP contribution in [0, 0.1) is 0 Å².